The molecule has 0 bridgehead atoms. The minimum absolute atomic E-state index is 0.0180. The van der Waals surface area contributed by atoms with Gasteiger partial charge in [-0.25, -0.2) is 4.98 Å². The fourth-order valence-corrected chi connectivity index (χ4v) is 1.97. The van der Waals surface area contributed by atoms with Crippen LogP contribution in [0.15, 0.2) is 30.7 Å². The Labute approximate surface area is 110 Å². The zero-order chi connectivity index (χ0) is 13.1. The highest BCUT2D eigenvalue weighted by Crippen LogP contribution is 2.24. The fourth-order valence-electron chi connectivity index (χ4n) is 1.77. The summed E-state index contributed by atoms with van der Waals surface area (Å²) in [5, 5.41) is 0.587. The molecule has 1 aromatic heterocycles. The lowest BCUT2D eigenvalue weighted by Crippen LogP contribution is -2.09. The van der Waals surface area contributed by atoms with Gasteiger partial charge in [0.1, 0.15) is 11.4 Å². The largest absolute Gasteiger partial charge is 0.496 e. The van der Waals surface area contributed by atoms with E-state index in [1.807, 2.05) is 0 Å². The molecule has 5 heteroatoms. The van der Waals surface area contributed by atoms with Gasteiger partial charge in [0.15, 0.2) is 5.78 Å². The van der Waals surface area contributed by atoms with Crippen molar-refractivity contribution in [2.75, 3.05) is 7.11 Å². The summed E-state index contributed by atoms with van der Waals surface area (Å²) >= 11 is 5.93. The van der Waals surface area contributed by atoms with Crippen LogP contribution in [-0.4, -0.2) is 22.4 Å². The first kappa shape index (κ1) is 12.6. The number of imidazole rings is 1. The van der Waals surface area contributed by atoms with Crippen LogP contribution in [0.5, 0.6) is 5.75 Å². The molecule has 0 saturated carbocycles. The first-order valence-corrected chi connectivity index (χ1v) is 5.81. The molecular weight excluding hydrogens is 252 g/mol. The Bertz CT molecular complexity index is 578. The molecule has 2 rings (SSSR count). The third-order valence-electron chi connectivity index (χ3n) is 2.70. The maximum atomic E-state index is 12.1. The zero-order valence-electron chi connectivity index (χ0n) is 10.2. The average Bonchev–Trinajstić information content (AvgIpc) is 2.76. The SMILES string of the molecule is COc1ccc(Cl)cc1CC(=O)c1cncn1C. The molecule has 0 unspecified atom stereocenters. The van der Waals surface area contributed by atoms with Gasteiger partial charge in [0.25, 0.3) is 0 Å². The lowest BCUT2D eigenvalue weighted by Gasteiger charge is -2.08. The van der Waals surface area contributed by atoms with E-state index in [0.717, 1.165) is 5.56 Å². The number of halogens is 1. The number of rotatable bonds is 4. The molecule has 2 aromatic rings. The first-order valence-electron chi connectivity index (χ1n) is 5.43. The summed E-state index contributed by atoms with van der Waals surface area (Å²) in [4.78, 5) is 16.0. The molecule has 0 radical (unpaired) electrons. The van der Waals surface area contributed by atoms with Gasteiger partial charge in [0, 0.05) is 24.1 Å². The van der Waals surface area contributed by atoms with Crippen LogP contribution >= 0.6 is 11.6 Å². The van der Waals surface area contributed by atoms with E-state index in [9.17, 15) is 4.79 Å². The van der Waals surface area contributed by atoms with Gasteiger partial charge in [-0.2, -0.15) is 0 Å². The number of ketones is 1. The van der Waals surface area contributed by atoms with Crippen LogP contribution in [-0.2, 0) is 13.5 Å². The highest BCUT2D eigenvalue weighted by Gasteiger charge is 2.14. The molecule has 0 aliphatic rings. The van der Waals surface area contributed by atoms with Crippen molar-refractivity contribution in [3.05, 3.63) is 47.0 Å². The Hall–Kier alpha value is -1.81. The van der Waals surface area contributed by atoms with Gasteiger partial charge in [-0.1, -0.05) is 11.6 Å². The summed E-state index contributed by atoms with van der Waals surface area (Å²) in [5.41, 5.74) is 1.34. The second-order valence-electron chi connectivity index (χ2n) is 3.95. The summed E-state index contributed by atoms with van der Waals surface area (Å²) in [6.45, 7) is 0. The number of benzene rings is 1. The normalized spacial score (nSPS) is 10.4. The van der Waals surface area contributed by atoms with Gasteiger partial charge in [-0.3, -0.25) is 4.79 Å². The van der Waals surface area contributed by atoms with Gasteiger partial charge >= 0.3 is 0 Å². The van der Waals surface area contributed by atoms with E-state index in [0.29, 0.717) is 16.5 Å². The molecule has 94 valence electrons. The van der Waals surface area contributed by atoms with E-state index in [4.69, 9.17) is 16.3 Å². The Morgan fingerprint density at radius 2 is 2.28 bits per heavy atom. The molecular formula is C13H13ClN2O2. The number of hydrogen-bond acceptors (Lipinski definition) is 3. The highest BCUT2D eigenvalue weighted by atomic mass is 35.5. The van der Waals surface area contributed by atoms with Crippen molar-refractivity contribution >= 4 is 17.4 Å². The van der Waals surface area contributed by atoms with Crippen molar-refractivity contribution in [1.82, 2.24) is 9.55 Å². The molecule has 1 heterocycles. The smallest absolute Gasteiger partial charge is 0.185 e. The van der Waals surface area contributed by atoms with Gasteiger partial charge in [0.2, 0.25) is 0 Å². The van der Waals surface area contributed by atoms with Crippen LogP contribution in [0.2, 0.25) is 5.02 Å². The van der Waals surface area contributed by atoms with E-state index >= 15 is 0 Å². The Morgan fingerprint density at radius 3 is 2.89 bits per heavy atom. The maximum Gasteiger partial charge on any atom is 0.185 e. The lowest BCUT2D eigenvalue weighted by molar-refractivity contribution is 0.0984. The number of nitrogens with zero attached hydrogens (tertiary/aromatic N) is 2. The zero-order valence-corrected chi connectivity index (χ0v) is 10.9. The molecule has 0 amide bonds. The number of methoxy groups -OCH3 is 1. The maximum absolute atomic E-state index is 12.1. The summed E-state index contributed by atoms with van der Waals surface area (Å²) in [7, 11) is 3.36. The monoisotopic (exact) mass is 264 g/mol. The van der Waals surface area contributed by atoms with E-state index in [-0.39, 0.29) is 12.2 Å². The van der Waals surface area contributed by atoms with Gasteiger partial charge in [-0.15, -0.1) is 0 Å². The van der Waals surface area contributed by atoms with Crippen molar-refractivity contribution < 1.29 is 9.53 Å². The van der Waals surface area contributed by atoms with Crippen LogP contribution in [0, 0.1) is 0 Å². The first-order chi connectivity index (χ1) is 8.61. The van der Waals surface area contributed by atoms with Gasteiger partial charge < -0.3 is 9.30 Å². The molecule has 0 N–H and O–H groups in total. The number of aromatic nitrogens is 2. The van der Waals surface area contributed by atoms with Crippen LogP contribution in [0.25, 0.3) is 0 Å². The van der Waals surface area contributed by atoms with E-state index in [1.165, 1.54) is 0 Å². The van der Waals surface area contributed by atoms with E-state index < -0.39 is 0 Å². The summed E-state index contributed by atoms with van der Waals surface area (Å²) < 4.78 is 6.91. The number of Topliss-reactive ketones (excluding diaryl/α,β-unsaturated/α-hetero) is 1. The third kappa shape index (κ3) is 2.54. The quantitative estimate of drug-likeness (QED) is 0.797. The van der Waals surface area contributed by atoms with Crippen LogP contribution in [0.3, 0.4) is 0 Å². The van der Waals surface area contributed by atoms with Crippen molar-refractivity contribution in [1.29, 1.82) is 0 Å². The van der Waals surface area contributed by atoms with Crippen molar-refractivity contribution in [2.24, 2.45) is 7.05 Å². The predicted molar refractivity (Wildman–Crippen MR) is 69.2 cm³/mol. The van der Waals surface area contributed by atoms with Gasteiger partial charge in [0.05, 0.1) is 19.6 Å². The second-order valence-corrected chi connectivity index (χ2v) is 4.38. The third-order valence-corrected chi connectivity index (χ3v) is 2.93. The number of hydrogen-bond donors (Lipinski definition) is 0. The highest BCUT2D eigenvalue weighted by molar-refractivity contribution is 6.30. The van der Waals surface area contributed by atoms with Gasteiger partial charge in [-0.05, 0) is 18.2 Å². The number of carbonyl (C=O) groups excluding carboxylic acids is 1. The van der Waals surface area contributed by atoms with Crippen molar-refractivity contribution in [3.63, 3.8) is 0 Å². The summed E-state index contributed by atoms with van der Waals surface area (Å²) in [6, 6.07) is 5.24. The minimum Gasteiger partial charge on any atom is -0.496 e. The molecule has 18 heavy (non-hydrogen) atoms. The Morgan fingerprint density at radius 1 is 1.50 bits per heavy atom. The van der Waals surface area contributed by atoms with Crippen LogP contribution in [0.4, 0.5) is 0 Å². The fraction of sp³-hybridized carbons (Fsp3) is 0.231. The lowest BCUT2D eigenvalue weighted by atomic mass is 10.1. The molecule has 0 aliphatic carbocycles. The molecule has 0 saturated heterocycles. The average molecular weight is 265 g/mol. The van der Waals surface area contributed by atoms with Crippen LogP contribution < -0.4 is 4.74 Å². The molecule has 0 fully saturated rings. The van der Waals surface area contributed by atoms with E-state index in [2.05, 4.69) is 4.98 Å². The summed E-state index contributed by atoms with van der Waals surface area (Å²) in [6.07, 6.45) is 3.39. The minimum atomic E-state index is -0.0180. The standard InChI is InChI=1S/C13H13ClN2O2/c1-16-8-15-7-11(16)12(17)6-9-5-10(14)3-4-13(9)18-2/h3-5,7-8H,6H2,1-2H3. The predicted octanol–water partition coefficient (Wildman–Crippen LogP) is 2.51. The molecule has 0 atom stereocenters. The molecule has 0 aliphatic heterocycles. The van der Waals surface area contributed by atoms with E-state index in [1.54, 1.807) is 49.4 Å². The number of carbonyl (C=O) groups is 1. The second kappa shape index (κ2) is 5.23. The number of ether oxygens (including phenoxy) is 1. The van der Waals surface area contributed by atoms with Crippen LogP contribution in [0.1, 0.15) is 16.1 Å². The molecule has 0 spiro atoms. The van der Waals surface area contributed by atoms with Crippen molar-refractivity contribution in [2.45, 2.75) is 6.42 Å². The molecule has 1 aromatic carbocycles. The Balaban J connectivity index is 2.27. The topological polar surface area (TPSA) is 44.1 Å². The molecule has 4 nitrogen and oxygen atoms in total. The summed E-state index contributed by atoms with van der Waals surface area (Å²) in [5.74, 6) is 0.644. The Kier molecular flexibility index (Phi) is 3.67. The number of aryl methyl sites for hydroxylation is 1. The van der Waals surface area contributed by atoms with Crippen molar-refractivity contribution in [3.8, 4) is 5.75 Å².